The maximum atomic E-state index is 13.7. The average Bonchev–Trinajstić information content (AvgIpc) is 2.36. The zero-order valence-electron chi connectivity index (χ0n) is 10.3. The van der Waals surface area contributed by atoms with E-state index in [1.54, 1.807) is 0 Å². The molecule has 1 rings (SSSR count). The number of nitrogens with zero attached hydrogens (tertiary/aromatic N) is 1. The molecule has 0 saturated carbocycles. The van der Waals surface area contributed by atoms with Gasteiger partial charge in [0.2, 0.25) is 0 Å². The first kappa shape index (κ1) is 14.8. The number of amidine groups is 1. The van der Waals surface area contributed by atoms with Crippen molar-refractivity contribution in [2.24, 2.45) is 16.8 Å². The molecular formula is C12H16F2N2OS. The number of rotatable bonds is 5. The molecule has 0 aliphatic heterocycles. The Bertz CT molecular complexity index is 429. The molecule has 3 nitrogen and oxygen atoms in total. The molecule has 1 aromatic carbocycles. The van der Waals surface area contributed by atoms with Crippen molar-refractivity contribution < 1.29 is 14.0 Å². The Hall–Kier alpha value is -1.30. The summed E-state index contributed by atoms with van der Waals surface area (Å²) in [5, 5.41) is 11.2. The summed E-state index contributed by atoms with van der Waals surface area (Å²) in [6.07, 6.45) is 0.957. The van der Waals surface area contributed by atoms with E-state index in [9.17, 15) is 8.78 Å². The Balaban J connectivity index is 2.95. The van der Waals surface area contributed by atoms with Crippen molar-refractivity contribution >= 4 is 17.6 Å². The van der Waals surface area contributed by atoms with Crippen LogP contribution in [0.1, 0.15) is 25.8 Å². The van der Waals surface area contributed by atoms with Gasteiger partial charge in [0.25, 0.3) is 0 Å². The van der Waals surface area contributed by atoms with E-state index in [1.165, 1.54) is 0 Å². The molecule has 1 atom stereocenters. The van der Waals surface area contributed by atoms with E-state index in [2.05, 4.69) is 5.16 Å². The van der Waals surface area contributed by atoms with Crippen molar-refractivity contribution in [3.8, 4) is 0 Å². The molecule has 0 bridgehead atoms. The lowest BCUT2D eigenvalue weighted by atomic mass is 10.2. The maximum Gasteiger partial charge on any atom is 0.170 e. The summed E-state index contributed by atoms with van der Waals surface area (Å²) < 4.78 is 27.4. The van der Waals surface area contributed by atoms with Crippen LogP contribution in [0.4, 0.5) is 8.78 Å². The van der Waals surface area contributed by atoms with E-state index >= 15 is 0 Å². The summed E-state index contributed by atoms with van der Waals surface area (Å²) in [5.41, 5.74) is 5.31. The number of nitrogens with two attached hydrogens (primary N) is 1. The van der Waals surface area contributed by atoms with Crippen LogP contribution in [0.15, 0.2) is 22.2 Å². The number of hydrogen-bond donors (Lipinski definition) is 2. The maximum absolute atomic E-state index is 13.7. The Labute approximate surface area is 109 Å². The molecule has 0 amide bonds. The molecule has 0 radical (unpaired) electrons. The number of thioether (sulfide) groups is 1. The predicted molar refractivity (Wildman–Crippen MR) is 69.0 cm³/mol. The number of oxime groups is 1. The molecule has 0 aromatic heterocycles. The third-order valence-electron chi connectivity index (χ3n) is 2.61. The summed E-state index contributed by atoms with van der Waals surface area (Å²) in [7, 11) is 0. The van der Waals surface area contributed by atoms with Gasteiger partial charge in [0, 0.05) is 11.3 Å². The van der Waals surface area contributed by atoms with E-state index in [0.717, 1.165) is 30.3 Å². The van der Waals surface area contributed by atoms with Gasteiger partial charge in [-0.25, -0.2) is 8.78 Å². The molecule has 0 aliphatic rings. The quantitative estimate of drug-likeness (QED) is 0.285. The molecule has 0 aliphatic carbocycles. The first-order chi connectivity index (χ1) is 8.49. The standard InChI is InChI=1S/C12H16F2N2OS/c1-3-7(2)6-18-11-9(13)4-8(5-10(11)14)12(15)16-17/h4-5,7,17H,3,6H2,1-2H3,(H2,15,16). The number of halogens is 2. The third-order valence-corrected chi connectivity index (χ3v) is 4.03. The summed E-state index contributed by atoms with van der Waals surface area (Å²) >= 11 is 1.14. The first-order valence-corrected chi connectivity index (χ1v) is 6.57. The molecule has 0 heterocycles. The van der Waals surface area contributed by atoms with E-state index in [-0.39, 0.29) is 16.3 Å². The second-order valence-electron chi connectivity index (χ2n) is 4.08. The van der Waals surface area contributed by atoms with Crippen LogP contribution in [0.2, 0.25) is 0 Å². The van der Waals surface area contributed by atoms with Gasteiger partial charge >= 0.3 is 0 Å². The SMILES string of the molecule is CCC(C)CSc1c(F)cc(C(N)=NO)cc1F. The predicted octanol–water partition coefficient (Wildman–Crippen LogP) is 3.20. The molecule has 6 heteroatoms. The van der Waals surface area contributed by atoms with Crippen molar-refractivity contribution in [3.05, 3.63) is 29.3 Å². The first-order valence-electron chi connectivity index (χ1n) is 5.59. The fourth-order valence-corrected chi connectivity index (χ4v) is 2.33. The third kappa shape index (κ3) is 3.60. The molecule has 0 saturated heterocycles. The van der Waals surface area contributed by atoms with Crippen molar-refractivity contribution in [2.75, 3.05) is 5.75 Å². The van der Waals surface area contributed by atoms with E-state index < -0.39 is 11.6 Å². The Morgan fingerprint density at radius 2 is 2.00 bits per heavy atom. The zero-order valence-corrected chi connectivity index (χ0v) is 11.1. The van der Waals surface area contributed by atoms with Crippen LogP contribution < -0.4 is 5.73 Å². The van der Waals surface area contributed by atoms with Crippen LogP contribution in [-0.2, 0) is 0 Å². The minimum absolute atomic E-state index is 0.0233. The fourth-order valence-electron chi connectivity index (χ4n) is 1.25. The minimum atomic E-state index is -0.690. The van der Waals surface area contributed by atoms with E-state index in [0.29, 0.717) is 11.7 Å². The van der Waals surface area contributed by atoms with E-state index in [4.69, 9.17) is 10.9 Å². The smallest absolute Gasteiger partial charge is 0.170 e. The molecule has 0 spiro atoms. The summed E-state index contributed by atoms with van der Waals surface area (Å²) in [6.45, 7) is 4.05. The number of benzene rings is 1. The summed E-state index contributed by atoms with van der Waals surface area (Å²) in [6, 6.07) is 2.13. The van der Waals surface area contributed by atoms with Crippen molar-refractivity contribution in [1.29, 1.82) is 0 Å². The van der Waals surface area contributed by atoms with Crippen molar-refractivity contribution in [2.45, 2.75) is 25.2 Å². The van der Waals surface area contributed by atoms with Gasteiger partial charge in [0.05, 0.1) is 4.90 Å². The van der Waals surface area contributed by atoms with Crippen molar-refractivity contribution in [1.82, 2.24) is 0 Å². The molecular weight excluding hydrogens is 258 g/mol. The average molecular weight is 274 g/mol. The molecule has 1 aromatic rings. The monoisotopic (exact) mass is 274 g/mol. The summed E-state index contributed by atoms with van der Waals surface area (Å²) in [5.74, 6) is -0.661. The lowest BCUT2D eigenvalue weighted by Crippen LogP contribution is -2.14. The molecule has 1 unspecified atom stereocenters. The van der Waals surface area contributed by atoms with Gasteiger partial charge in [0.15, 0.2) is 5.84 Å². The highest BCUT2D eigenvalue weighted by Gasteiger charge is 2.14. The Morgan fingerprint density at radius 1 is 1.44 bits per heavy atom. The normalized spacial score (nSPS) is 13.7. The Kier molecular flexibility index (Phi) is 5.40. The van der Waals surface area contributed by atoms with Gasteiger partial charge < -0.3 is 10.9 Å². The summed E-state index contributed by atoms with van der Waals surface area (Å²) in [4.78, 5) is -0.0233. The highest BCUT2D eigenvalue weighted by molar-refractivity contribution is 7.99. The van der Waals surface area contributed by atoms with Crippen LogP contribution in [0.5, 0.6) is 0 Å². The highest BCUT2D eigenvalue weighted by Crippen LogP contribution is 2.28. The fraction of sp³-hybridized carbons (Fsp3) is 0.417. The van der Waals surface area contributed by atoms with Crippen molar-refractivity contribution in [3.63, 3.8) is 0 Å². The molecule has 100 valence electrons. The minimum Gasteiger partial charge on any atom is -0.409 e. The van der Waals surface area contributed by atoms with Gasteiger partial charge in [-0.3, -0.25) is 0 Å². The highest BCUT2D eigenvalue weighted by atomic mass is 32.2. The van der Waals surface area contributed by atoms with Gasteiger partial charge in [-0.05, 0) is 18.1 Å². The zero-order chi connectivity index (χ0) is 13.7. The largest absolute Gasteiger partial charge is 0.409 e. The second kappa shape index (κ2) is 6.58. The Morgan fingerprint density at radius 3 is 2.44 bits per heavy atom. The van der Waals surface area contributed by atoms with Gasteiger partial charge in [-0.1, -0.05) is 25.4 Å². The molecule has 3 N–H and O–H groups in total. The lowest BCUT2D eigenvalue weighted by Gasteiger charge is -2.10. The second-order valence-corrected chi connectivity index (χ2v) is 5.11. The van der Waals surface area contributed by atoms with Crippen LogP contribution in [0.25, 0.3) is 0 Å². The topological polar surface area (TPSA) is 58.6 Å². The van der Waals surface area contributed by atoms with Crippen LogP contribution in [0.3, 0.4) is 0 Å². The van der Waals surface area contributed by atoms with Gasteiger partial charge in [-0.15, -0.1) is 11.8 Å². The van der Waals surface area contributed by atoms with Crippen LogP contribution >= 0.6 is 11.8 Å². The lowest BCUT2D eigenvalue weighted by molar-refractivity contribution is 0.318. The molecule has 0 fully saturated rings. The van der Waals surface area contributed by atoms with Crippen LogP contribution in [0, 0.1) is 17.6 Å². The number of hydrogen-bond acceptors (Lipinski definition) is 3. The van der Waals surface area contributed by atoms with Gasteiger partial charge in [0.1, 0.15) is 11.6 Å². The molecule has 18 heavy (non-hydrogen) atoms. The van der Waals surface area contributed by atoms with Gasteiger partial charge in [-0.2, -0.15) is 0 Å². The van der Waals surface area contributed by atoms with E-state index in [1.807, 2.05) is 13.8 Å². The van der Waals surface area contributed by atoms with Crippen LogP contribution in [-0.4, -0.2) is 16.8 Å².